The van der Waals surface area contributed by atoms with Crippen molar-refractivity contribution in [1.82, 2.24) is 30.3 Å². The highest BCUT2D eigenvalue weighted by Crippen LogP contribution is 2.44. The van der Waals surface area contributed by atoms with Gasteiger partial charge in [-0.05, 0) is 84.5 Å². The molecule has 1 aromatic heterocycles. The van der Waals surface area contributed by atoms with Gasteiger partial charge < -0.3 is 25.6 Å². The number of primary amides is 1. The first-order valence-corrected chi connectivity index (χ1v) is 16.3. The van der Waals surface area contributed by atoms with Gasteiger partial charge in [-0.25, -0.2) is 9.37 Å². The Bertz CT molecular complexity index is 1310. The van der Waals surface area contributed by atoms with Gasteiger partial charge in [-0.1, -0.05) is 13.8 Å². The zero-order chi connectivity index (χ0) is 32.9. The van der Waals surface area contributed by atoms with E-state index in [2.05, 4.69) is 44.1 Å². The molecule has 2 aliphatic heterocycles. The van der Waals surface area contributed by atoms with E-state index in [1.54, 1.807) is 4.90 Å². The van der Waals surface area contributed by atoms with Crippen LogP contribution in [0.2, 0.25) is 0 Å². The minimum atomic E-state index is -0.514. The Morgan fingerprint density at radius 3 is 2.47 bits per heavy atom. The lowest BCUT2D eigenvalue weighted by molar-refractivity contribution is -0.118. The molecule has 4 rings (SSSR count). The fourth-order valence-electron chi connectivity index (χ4n) is 7.00. The van der Waals surface area contributed by atoms with E-state index >= 15 is 0 Å². The van der Waals surface area contributed by atoms with E-state index in [1.807, 2.05) is 34.6 Å². The summed E-state index contributed by atoms with van der Waals surface area (Å²) in [4.78, 5) is 35.7. The predicted octanol–water partition coefficient (Wildman–Crippen LogP) is 4.23. The summed E-state index contributed by atoms with van der Waals surface area (Å²) in [5.41, 5.74) is 5.61. The summed E-state index contributed by atoms with van der Waals surface area (Å²) in [6.45, 7) is 18.8. The maximum atomic E-state index is 14.4. The fourth-order valence-corrected chi connectivity index (χ4v) is 7.00. The van der Waals surface area contributed by atoms with Gasteiger partial charge in [0, 0.05) is 62.2 Å². The smallest absolute Gasteiger partial charge is 0.282 e. The molecule has 1 spiro atoms. The van der Waals surface area contributed by atoms with Crippen molar-refractivity contribution in [2.24, 2.45) is 17.1 Å². The Balaban J connectivity index is 1.41. The van der Waals surface area contributed by atoms with Crippen LogP contribution in [-0.2, 0) is 4.79 Å². The molecule has 248 valence electrons. The van der Waals surface area contributed by atoms with Gasteiger partial charge in [-0.15, -0.1) is 10.2 Å². The number of ether oxygens (including phenoxy) is 1. The third-order valence-electron chi connectivity index (χ3n) is 9.03. The number of halogens is 1. The van der Waals surface area contributed by atoms with Crippen LogP contribution < -0.4 is 20.7 Å². The Morgan fingerprint density at radius 2 is 1.82 bits per heavy atom. The lowest BCUT2D eigenvalue weighted by atomic mass is 9.76. The van der Waals surface area contributed by atoms with E-state index < -0.39 is 5.82 Å². The molecule has 0 radical (unpaired) electrons. The number of aromatic nitrogens is 3. The predicted molar refractivity (Wildman–Crippen MR) is 173 cm³/mol. The lowest BCUT2D eigenvalue weighted by Crippen LogP contribution is -2.62. The minimum Gasteiger partial charge on any atom is -0.434 e. The highest BCUT2D eigenvalue weighted by Gasteiger charge is 2.50. The topological polar surface area (TPSA) is 130 Å². The number of nitrogens with one attached hydrogen (secondary N) is 1. The van der Waals surface area contributed by atoms with E-state index in [9.17, 15) is 14.0 Å². The molecule has 45 heavy (non-hydrogen) atoms. The second-order valence-corrected chi connectivity index (χ2v) is 13.8. The van der Waals surface area contributed by atoms with Gasteiger partial charge in [-0.3, -0.25) is 14.5 Å². The highest BCUT2D eigenvalue weighted by atomic mass is 19.1. The molecule has 1 aromatic carbocycles. The largest absolute Gasteiger partial charge is 0.434 e. The van der Waals surface area contributed by atoms with Gasteiger partial charge in [0.25, 0.3) is 11.8 Å². The quantitative estimate of drug-likeness (QED) is 0.279. The van der Waals surface area contributed by atoms with Crippen molar-refractivity contribution in [1.29, 1.82) is 0 Å². The maximum Gasteiger partial charge on any atom is 0.282 e. The minimum absolute atomic E-state index is 0.0749. The number of nitrogens with two attached hydrogens (primary N) is 1. The Morgan fingerprint density at radius 1 is 1.11 bits per heavy atom. The first-order chi connectivity index (χ1) is 21.3. The summed E-state index contributed by atoms with van der Waals surface area (Å²) in [5, 5.41) is 11.6. The second kappa shape index (κ2) is 14.8. The number of anilines is 1. The summed E-state index contributed by atoms with van der Waals surface area (Å²) in [7, 11) is 0. The molecule has 12 heteroatoms. The van der Waals surface area contributed by atoms with Gasteiger partial charge in [0.05, 0.1) is 5.56 Å². The summed E-state index contributed by atoms with van der Waals surface area (Å²) >= 11 is 0. The summed E-state index contributed by atoms with van der Waals surface area (Å²) < 4.78 is 20.6. The Hall–Kier alpha value is -3.38. The summed E-state index contributed by atoms with van der Waals surface area (Å²) in [6, 6.07) is 4.39. The molecule has 2 aliphatic rings. The molecule has 2 atom stereocenters. The number of carbonyl (C=O) groups is 2. The highest BCUT2D eigenvalue weighted by molar-refractivity contribution is 5.97. The van der Waals surface area contributed by atoms with Crippen molar-refractivity contribution in [2.45, 2.75) is 98.3 Å². The van der Waals surface area contributed by atoms with Crippen LogP contribution in [0, 0.1) is 17.2 Å². The van der Waals surface area contributed by atoms with Crippen LogP contribution in [0.5, 0.6) is 11.6 Å². The average molecular weight is 627 g/mol. The number of amides is 2. The zero-order valence-electron chi connectivity index (χ0n) is 27.9. The first kappa shape index (κ1) is 34.5. The number of carbonyl (C=O) groups excluding carboxylic acids is 2. The third-order valence-corrected chi connectivity index (χ3v) is 9.03. The molecule has 2 fully saturated rings. The molecular weight excluding hydrogens is 575 g/mol. The number of hydrogen-bond donors (Lipinski definition) is 2. The van der Waals surface area contributed by atoms with E-state index in [0.717, 1.165) is 52.0 Å². The molecule has 11 nitrogen and oxygen atoms in total. The Kier molecular flexibility index (Phi) is 11.4. The summed E-state index contributed by atoms with van der Waals surface area (Å²) in [6.07, 6.45) is 4.91. The van der Waals surface area contributed by atoms with E-state index in [0.29, 0.717) is 24.2 Å². The molecule has 0 aliphatic carbocycles. The molecule has 2 amide bonds. The number of nitrogens with zero attached hydrogens (tertiary/aromatic N) is 6. The SMILES string of the molecule is CC(C)[C@@H](CCCN[C@@H](C)CC(N)=O)N1CC2(CCN(c3ncnnc3Oc3ccc(F)cc3C(=O)N(C(C)C)C(C)C)C2)C1. The number of likely N-dealkylation sites (tertiary alicyclic amines) is 1. The van der Waals surface area contributed by atoms with Crippen LogP contribution in [0.15, 0.2) is 24.5 Å². The van der Waals surface area contributed by atoms with Gasteiger partial charge in [0.1, 0.15) is 17.9 Å². The van der Waals surface area contributed by atoms with Gasteiger partial charge in [0.15, 0.2) is 5.82 Å². The van der Waals surface area contributed by atoms with E-state index in [1.165, 1.54) is 24.5 Å². The van der Waals surface area contributed by atoms with Crippen molar-refractivity contribution in [3.8, 4) is 11.6 Å². The van der Waals surface area contributed by atoms with Crippen LogP contribution in [0.3, 0.4) is 0 Å². The molecule has 0 bridgehead atoms. The molecular formula is C33H51FN8O3. The van der Waals surface area contributed by atoms with E-state index in [4.69, 9.17) is 10.5 Å². The molecule has 0 saturated carbocycles. The summed E-state index contributed by atoms with van der Waals surface area (Å²) in [5.74, 6) is 0.424. The van der Waals surface area contributed by atoms with Crippen molar-refractivity contribution in [3.63, 3.8) is 0 Å². The molecule has 2 aromatic rings. The standard InChI is InChI=1S/C33H51FN8O3/c1-21(2)27(9-8-13-36-24(7)15-29(35)43)41-18-33(19-41)12-14-40(17-33)30-31(39-38-20-37-30)45-28-11-10-25(34)16-26(28)32(44)42(22(3)4)23(5)6/h10-11,16,20-24,27,36H,8-9,12-15,17-19H2,1-7H3,(H2,35,43)/t24-,27+/m0/s1. The van der Waals surface area contributed by atoms with Crippen LogP contribution in [0.4, 0.5) is 10.2 Å². The van der Waals surface area contributed by atoms with Crippen molar-refractivity contribution in [3.05, 3.63) is 35.9 Å². The second-order valence-electron chi connectivity index (χ2n) is 13.8. The number of rotatable bonds is 15. The van der Waals surface area contributed by atoms with Gasteiger partial charge in [0.2, 0.25) is 5.91 Å². The van der Waals surface area contributed by atoms with Gasteiger partial charge in [-0.2, -0.15) is 0 Å². The monoisotopic (exact) mass is 626 g/mol. The van der Waals surface area contributed by atoms with Crippen LogP contribution in [-0.4, -0.2) is 93.7 Å². The van der Waals surface area contributed by atoms with Crippen molar-refractivity contribution in [2.75, 3.05) is 37.6 Å². The number of benzene rings is 1. The fraction of sp³-hybridized carbons (Fsp3) is 0.667. The van der Waals surface area contributed by atoms with Crippen molar-refractivity contribution < 1.29 is 18.7 Å². The molecule has 0 unspecified atom stereocenters. The first-order valence-electron chi connectivity index (χ1n) is 16.3. The lowest BCUT2D eigenvalue weighted by Gasteiger charge is -2.53. The Labute approximate surface area is 267 Å². The van der Waals surface area contributed by atoms with Crippen LogP contribution >= 0.6 is 0 Å². The number of hydrogen-bond acceptors (Lipinski definition) is 9. The zero-order valence-corrected chi connectivity index (χ0v) is 27.9. The van der Waals surface area contributed by atoms with Gasteiger partial charge >= 0.3 is 0 Å². The molecule has 2 saturated heterocycles. The molecule has 3 heterocycles. The van der Waals surface area contributed by atoms with E-state index in [-0.39, 0.29) is 52.5 Å². The molecule has 3 N–H and O–H groups in total. The average Bonchev–Trinajstić information content (AvgIpc) is 3.38. The van der Waals surface area contributed by atoms with Crippen molar-refractivity contribution >= 4 is 17.6 Å². The third kappa shape index (κ3) is 8.46. The van der Waals surface area contributed by atoms with Crippen LogP contribution in [0.25, 0.3) is 0 Å². The normalized spacial score (nSPS) is 17.6. The van der Waals surface area contributed by atoms with Crippen LogP contribution in [0.1, 0.15) is 84.5 Å². The maximum absolute atomic E-state index is 14.4.